The Balaban J connectivity index is 2.17. The molecule has 0 saturated carbocycles. The molecule has 0 fully saturated rings. The van der Waals surface area contributed by atoms with Gasteiger partial charge in [0.2, 0.25) is 0 Å². The van der Waals surface area contributed by atoms with Gasteiger partial charge >= 0.3 is 0 Å². The highest BCUT2D eigenvalue weighted by molar-refractivity contribution is 6.01. The summed E-state index contributed by atoms with van der Waals surface area (Å²) in [5.41, 5.74) is 4.26. The molecule has 1 aromatic heterocycles. The van der Waals surface area contributed by atoms with E-state index in [0.717, 1.165) is 41.2 Å². The zero-order valence-electron chi connectivity index (χ0n) is 17.5. The average Bonchev–Trinajstić information content (AvgIpc) is 2.95. The average molecular weight is 380 g/mol. The number of benzene rings is 1. The van der Waals surface area contributed by atoms with Crippen molar-refractivity contribution in [2.75, 3.05) is 13.7 Å². The number of nitrogens with zero attached hydrogens (tertiary/aromatic N) is 3. The molecule has 0 aliphatic rings. The van der Waals surface area contributed by atoms with Crippen LogP contribution in [0.1, 0.15) is 42.8 Å². The van der Waals surface area contributed by atoms with E-state index in [-0.39, 0.29) is 11.5 Å². The summed E-state index contributed by atoms with van der Waals surface area (Å²) in [6, 6.07) is 11.7. The summed E-state index contributed by atoms with van der Waals surface area (Å²) in [6.07, 6.45) is 2.74. The lowest BCUT2D eigenvalue weighted by atomic mass is 10.1. The maximum absolute atomic E-state index is 12.8. The monoisotopic (exact) mass is 379 g/mol. The number of aromatic nitrogens is 1. The number of carbonyl (C=O) groups excluding carboxylic acids is 1. The van der Waals surface area contributed by atoms with Crippen molar-refractivity contribution < 1.29 is 9.53 Å². The van der Waals surface area contributed by atoms with E-state index in [1.54, 1.807) is 18.0 Å². The molecular weight excluding hydrogens is 350 g/mol. The third kappa shape index (κ3) is 5.04. The molecule has 5 heteroatoms. The van der Waals surface area contributed by atoms with Crippen molar-refractivity contribution in [2.24, 2.45) is 0 Å². The van der Waals surface area contributed by atoms with Gasteiger partial charge in [-0.15, -0.1) is 0 Å². The normalized spacial score (nSPS) is 11.2. The lowest BCUT2D eigenvalue weighted by molar-refractivity contribution is -0.125. The van der Waals surface area contributed by atoms with Crippen LogP contribution in [0, 0.1) is 25.2 Å². The molecule has 1 amide bonds. The van der Waals surface area contributed by atoms with Gasteiger partial charge in [-0.2, -0.15) is 5.26 Å². The van der Waals surface area contributed by atoms with Crippen LogP contribution in [0.5, 0.6) is 5.75 Å². The fourth-order valence-corrected chi connectivity index (χ4v) is 3.25. The molecule has 28 heavy (non-hydrogen) atoms. The largest absolute Gasteiger partial charge is 0.494 e. The van der Waals surface area contributed by atoms with Crippen LogP contribution >= 0.6 is 0 Å². The van der Waals surface area contributed by atoms with Gasteiger partial charge in [0.25, 0.3) is 5.91 Å². The van der Waals surface area contributed by atoms with Crippen LogP contribution in [0.4, 0.5) is 0 Å². The second-order valence-corrected chi connectivity index (χ2v) is 6.89. The zero-order valence-corrected chi connectivity index (χ0v) is 17.5. The SMILES string of the molecule is CCCn1c(C)cc(/C=C(\C#N)C(=O)N(C)Cc2ccc(OCC)cc2)c1C. The van der Waals surface area contributed by atoms with Crippen LogP contribution < -0.4 is 4.74 Å². The van der Waals surface area contributed by atoms with Gasteiger partial charge in [0, 0.05) is 31.5 Å². The quantitative estimate of drug-likeness (QED) is 0.502. The molecule has 0 radical (unpaired) electrons. The number of likely N-dealkylation sites (N-methyl/N-ethyl adjacent to an activating group) is 1. The van der Waals surface area contributed by atoms with Crippen molar-refractivity contribution in [2.45, 2.75) is 47.2 Å². The molecule has 5 nitrogen and oxygen atoms in total. The lowest BCUT2D eigenvalue weighted by Gasteiger charge is -2.17. The lowest BCUT2D eigenvalue weighted by Crippen LogP contribution is -2.27. The van der Waals surface area contributed by atoms with E-state index in [0.29, 0.717) is 13.2 Å². The topological polar surface area (TPSA) is 58.3 Å². The van der Waals surface area contributed by atoms with Gasteiger partial charge in [0.15, 0.2) is 0 Å². The summed E-state index contributed by atoms with van der Waals surface area (Å²) in [6.45, 7) is 10.1. The smallest absolute Gasteiger partial charge is 0.264 e. The van der Waals surface area contributed by atoms with Crippen molar-refractivity contribution in [3.8, 4) is 11.8 Å². The standard InChI is InChI=1S/C23H29N3O2/c1-6-12-26-17(3)13-20(18(26)4)14-21(15-24)23(27)25(5)16-19-8-10-22(11-9-19)28-7-2/h8-11,13-14H,6-7,12,16H2,1-5H3/b21-14+. The molecule has 2 aromatic rings. The zero-order chi connectivity index (χ0) is 20.7. The Hall–Kier alpha value is -3.00. The first-order chi connectivity index (χ1) is 13.4. The Bertz CT molecular complexity index is 886. The van der Waals surface area contributed by atoms with Gasteiger partial charge in [-0.1, -0.05) is 19.1 Å². The predicted octanol–water partition coefficient (Wildman–Crippen LogP) is 4.48. The van der Waals surface area contributed by atoms with E-state index in [4.69, 9.17) is 4.74 Å². The van der Waals surface area contributed by atoms with E-state index in [2.05, 4.69) is 17.6 Å². The number of aryl methyl sites for hydroxylation is 1. The van der Waals surface area contributed by atoms with E-state index in [1.165, 1.54) is 0 Å². The van der Waals surface area contributed by atoms with Crippen LogP contribution in [-0.2, 0) is 17.9 Å². The van der Waals surface area contributed by atoms with Gasteiger partial charge in [-0.25, -0.2) is 0 Å². The van der Waals surface area contributed by atoms with Gasteiger partial charge in [-0.3, -0.25) is 4.79 Å². The van der Waals surface area contributed by atoms with Crippen molar-refractivity contribution >= 4 is 12.0 Å². The first kappa shape index (κ1) is 21.3. The second-order valence-electron chi connectivity index (χ2n) is 6.89. The molecule has 1 heterocycles. The van der Waals surface area contributed by atoms with Gasteiger partial charge in [0.05, 0.1) is 6.61 Å². The fraction of sp³-hybridized carbons (Fsp3) is 0.391. The number of hydrogen-bond acceptors (Lipinski definition) is 3. The maximum Gasteiger partial charge on any atom is 0.264 e. The van der Waals surface area contributed by atoms with E-state index in [1.807, 2.05) is 51.1 Å². The molecule has 0 unspecified atom stereocenters. The summed E-state index contributed by atoms with van der Waals surface area (Å²) in [7, 11) is 1.71. The van der Waals surface area contributed by atoms with Gasteiger partial charge in [-0.05, 0) is 62.6 Å². The molecule has 0 saturated heterocycles. The molecule has 1 aromatic carbocycles. The molecular formula is C23H29N3O2. The van der Waals surface area contributed by atoms with Crippen LogP contribution in [0.2, 0.25) is 0 Å². The molecule has 0 aliphatic carbocycles. The second kappa shape index (κ2) is 9.80. The van der Waals surface area contributed by atoms with Crippen LogP contribution in [-0.4, -0.2) is 29.0 Å². The van der Waals surface area contributed by atoms with Crippen LogP contribution in [0.15, 0.2) is 35.9 Å². The third-order valence-electron chi connectivity index (χ3n) is 4.71. The summed E-state index contributed by atoms with van der Waals surface area (Å²) in [5, 5.41) is 9.55. The van der Waals surface area contributed by atoms with Crippen molar-refractivity contribution in [1.82, 2.24) is 9.47 Å². The Labute approximate surface area is 167 Å². The predicted molar refractivity (Wildman–Crippen MR) is 112 cm³/mol. The number of hydrogen-bond donors (Lipinski definition) is 0. The minimum Gasteiger partial charge on any atom is -0.494 e. The Morgan fingerprint density at radius 2 is 1.93 bits per heavy atom. The molecule has 0 aliphatic heterocycles. The molecule has 148 valence electrons. The minimum absolute atomic E-state index is 0.144. The van der Waals surface area contributed by atoms with Crippen LogP contribution in [0.3, 0.4) is 0 Å². The number of nitriles is 1. The molecule has 0 spiro atoms. The highest BCUT2D eigenvalue weighted by Gasteiger charge is 2.17. The maximum atomic E-state index is 12.8. The Morgan fingerprint density at radius 1 is 1.25 bits per heavy atom. The highest BCUT2D eigenvalue weighted by Crippen LogP contribution is 2.20. The summed E-state index contributed by atoms with van der Waals surface area (Å²) in [4.78, 5) is 14.4. The number of carbonyl (C=O) groups is 1. The molecule has 0 bridgehead atoms. The van der Waals surface area contributed by atoms with Gasteiger partial charge in [0.1, 0.15) is 17.4 Å². The van der Waals surface area contributed by atoms with E-state index in [9.17, 15) is 10.1 Å². The number of ether oxygens (including phenoxy) is 1. The number of rotatable bonds is 8. The highest BCUT2D eigenvalue weighted by atomic mass is 16.5. The van der Waals surface area contributed by atoms with Crippen molar-refractivity contribution in [3.63, 3.8) is 0 Å². The first-order valence-electron chi connectivity index (χ1n) is 9.66. The molecule has 0 N–H and O–H groups in total. The molecule has 2 rings (SSSR count). The van der Waals surface area contributed by atoms with E-state index >= 15 is 0 Å². The van der Waals surface area contributed by atoms with Crippen molar-refractivity contribution in [1.29, 1.82) is 5.26 Å². The van der Waals surface area contributed by atoms with Crippen molar-refractivity contribution in [3.05, 3.63) is 58.4 Å². The Kier molecular flexibility index (Phi) is 7.45. The van der Waals surface area contributed by atoms with Gasteiger partial charge < -0.3 is 14.2 Å². The molecule has 0 atom stereocenters. The Morgan fingerprint density at radius 3 is 2.50 bits per heavy atom. The summed E-state index contributed by atoms with van der Waals surface area (Å²) < 4.78 is 7.66. The van der Waals surface area contributed by atoms with E-state index < -0.39 is 0 Å². The fourth-order valence-electron chi connectivity index (χ4n) is 3.25. The first-order valence-corrected chi connectivity index (χ1v) is 9.66. The number of amides is 1. The van der Waals surface area contributed by atoms with Crippen LogP contribution in [0.25, 0.3) is 6.08 Å². The summed E-state index contributed by atoms with van der Waals surface area (Å²) >= 11 is 0. The third-order valence-corrected chi connectivity index (χ3v) is 4.71. The summed E-state index contributed by atoms with van der Waals surface area (Å²) in [5.74, 6) is 0.525. The minimum atomic E-state index is -0.281.